The number of aromatic nitrogens is 2. The lowest BCUT2D eigenvalue weighted by Gasteiger charge is -2.17. The monoisotopic (exact) mass is 342 g/mol. The number of hydrogen-bond acceptors (Lipinski definition) is 4. The number of likely N-dealkylation sites (tertiary alicyclic amines) is 1. The van der Waals surface area contributed by atoms with E-state index in [2.05, 4.69) is 5.10 Å². The molecule has 0 saturated carbocycles. The number of hydrogen-bond donors (Lipinski definition) is 0. The Hall–Kier alpha value is -2.65. The van der Waals surface area contributed by atoms with Gasteiger partial charge in [-0.15, -0.1) is 0 Å². The molecule has 2 aromatic rings. The average molecular weight is 343 g/mol. The zero-order valence-electron chi connectivity index (χ0n) is 12.9. The molecule has 0 aliphatic carbocycles. The van der Waals surface area contributed by atoms with Gasteiger partial charge in [0.15, 0.2) is 11.7 Å². The van der Waals surface area contributed by atoms with Crippen LogP contribution in [0.25, 0.3) is 5.69 Å². The number of ketones is 1. The van der Waals surface area contributed by atoms with Crippen LogP contribution >= 0.6 is 11.6 Å². The Morgan fingerprint density at radius 2 is 1.96 bits per heavy atom. The van der Waals surface area contributed by atoms with Crippen LogP contribution in [-0.2, 0) is 4.79 Å². The van der Waals surface area contributed by atoms with Crippen molar-refractivity contribution in [2.24, 2.45) is 5.92 Å². The third-order valence-electron chi connectivity index (χ3n) is 4.02. The molecule has 1 atom stereocenters. The van der Waals surface area contributed by atoms with Crippen molar-refractivity contribution >= 4 is 23.3 Å². The maximum absolute atomic E-state index is 12.5. The second-order valence-corrected chi connectivity index (χ2v) is 5.99. The van der Waals surface area contributed by atoms with Gasteiger partial charge in [-0.05, 0) is 25.0 Å². The lowest BCUT2D eigenvalue weighted by Crippen LogP contribution is -2.37. The molecule has 1 aromatic heterocycles. The van der Waals surface area contributed by atoms with Crippen molar-refractivity contribution < 1.29 is 9.59 Å². The minimum atomic E-state index is -1.33. The van der Waals surface area contributed by atoms with E-state index in [0.717, 1.165) is 12.8 Å². The van der Waals surface area contributed by atoms with Crippen LogP contribution in [0, 0.1) is 17.2 Å². The number of Topliss-reactive ketones (excluding diaryl/α,β-unsaturated/α-hetero) is 1. The van der Waals surface area contributed by atoms with E-state index in [9.17, 15) is 14.9 Å². The number of amides is 1. The second kappa shape index (κ2) is 6.85. The summed E-state index contributed by atoms with van der Waals surface area (Å²) in [5.41, 5.74) is 0.839. The number of halogens is 1. The molecule has 0 N–H and O–H groups in total. The van der Waals surface area contributed by atoms with Crippen LogP contribution in [0.4, 0.5) is 0 Å². The molecular weight excluding hydrogens is 328 g/mol. The highest BCUT2D eigenvalue weighted by molar-refractivity contribution is 6.32. The van der Waals surface area contributed by atoms with Gasteiger partial charge in [-0.1, -0.05) is 23.7 Å². The smallest absolute Gasteiger partial charge is 0.247 e. The minimum Gasteiger partial charge on any atom is -0.341 e. The highest BCUT2D eigenvalue weighted by Crippen LogP contribution is 2.21. The molecule has 6 nitrogen and oxygen atoms in total. The first-order chi connectivity index (χ1) is 11.6. The van der Waals surface area contributed by atoms with Crippen molar-refractivity contribution in [1.82, 2.24) is 14.7 Å². The topological polar surface area (TPSA) is 79.0 Å². The van der Waals surface area contributed by atoms with E-state index in [-0.39, 0.29) is 5.56 Å². The van der Waals surface area contributed by atoms with E-state index in [0.29, 0.717) is 23.8 Å². The molecule has 7 heteroatoms. The van der Waals surface area contributed by atoms with Crippen LogP contribution in [0.15, 0.2) is 36.7 Å². The Morgan fingerprint density at radius 3 is 2.62 bits per heavy atom. The van der Waals surface area contributed by atoms with E-state index in [1.807, 2.05) is 6.07 Å². The maximum Gasteiger partial charge on any atom is 0.247 e. The van der Waals surface area contributed by atoms with Crippen LogP contribution in [0.1, 0.15) is 23.2 Å². The van der Waals surface area contributed by atoms with Gasteiger partial charge in [-0.25, -0.2) is 4.68 Å². The highest BCUT2D eigenvalue weighted by atomic mass is 35.5. The Morgan fingerprint density at radius 1 is 1.25 bits per heavy atom. The SMILES string of the molecule is N#C[C@H](C(=O)c1cnn(-c2ccccc2Cl)c1)C(=O)N1CCCC1. The fraction of sp³-hybridized carbons (Fsp3) is 0.294. The van der Waals surface area contributed by atoms with Gasteiger partial charge in [0, 0.05) is 19.3 Å². The van der Waals surface area contributed by atoms with Crippen LogP contribution in [0.5, 0.6) is 0 Å². The van der Waals surface area contributed by atoms with E-state index < -0.39 is 17.6 Å². The Bertz CT molecular complexity index is 818. The molecule has 1 aliphatic rings. The minimum absolute atomic E-state index is 0.217. The molecule has 24 heavy (non-hydrogen) atoms. The standard InChI is InChI=1S/C17H15ClN4O2/c18-14-5-1-2-6-15(14)22-11-12(10-20-22)16(23)13(9-19)17(24)21-7-3-4-8-21/h1-2,5-6,10-11,13H,3-4,7-8H2/t13-/m1/s1. The van der Waals surface area contributed by atoms with E-state index in [4.69, 9.17) is 11.6 Å². The molecule has 0 radical (unpaired) electrons. The molecule has 1 amide bonds. The zero-order valence-corrected chi connectivity index (χ0v) is 13.6. The van der Waals surface area contributed by atoms with Gasteiger partial charge in [0.2, 0.25) is 5.91 Å². The Kier molecular flexibility index (Phi) is 4.63. The number of carbonyl (C=O) groups excluding carboxylic acids is 2. The fourth-order valence-corrected chi connectivity index (χ4v) is 2.95. The summed E-state index contributed by atoms with van der Waals surface area (Å²) in [6.45, 7) is 1.20. The van der Waals surface area contributed by atoms with Gasteiger partial charge in [0.05, 0.1) is 28.5 Å². The zero-order chi connectivity index (χ0) is 17.1. The van der Waals surface area contributed by atoms with Crippen molar-refractivity contribution in [2.45, 2.75) is 12.8 Å². The van der Waals surface area contributed by atoms with Crippen LogP contribution < -0.4 is 0 Å². The van der Waals surface area contributed by atoms with Gasteiger partial charge >= 0.3 is 0 Å². The number of carbonyl (C=O) groups is 2. The van der Waals surface area contributed by atoms with Gasteiger partial charge in [-0.3, -0.25) is 9.59 Å². The first-order valence-corrected chi connectivity index (χ1v) is 8.02. The average Bonchev–Trinajstić information content (AvgIpc) is 3.27. The van der Waals surface area contributed by atoms with Gasteiger partial charge in [-0.2, -0.15) is 10.4 Å². The molecule has 0 bridgehead atoms. The molecule has 122 valence electrons. The van der Waals surface area contributed by atoms with Crippen LogP contribution in [-0.4, -0.2) is 39.5 Å². The molecule has 0 spiro atoms. The van der Waals surface area contributed by atoms with Crippen molar-refractivity contribution in [1.29, 1.82) is 5.26 Å². The van der Waals surface area contributed by atoms with E-state index in [1.54, 1.807) is 29.2 Å². The third kappa shape index (κ3) is 3.03. The molecule has 1 aliphatic heterocycles. The lowest BCUT2D eigenvalue weighted by molar-refractivity contribution is -0.131. The maximum atomic E-state index is 12.5. The van der Waals surface area contributed by atoms with E-state index >= 15 is 0 Å². The summed E-state index contributed by atoms with van der Waals surface area (Å²) in [6.07, 6.45) is 4.66. The summed E-state index contributed by atoms with van der Waals surface area (Å²) in [5.74, 6) is -2.29. The summed E-state index contributed by atoms with van der Waals surface area (Å²) >= 11 is 6.12. The van der Waals surface area contributed by atoms with Gasteiger partial charge in [0.1, 0.15) is 0 Å². The van der Waals surface area contributed by atoms with Crippen molar-refractivity contribution in [3.8, 4) is 11.8 Å². The Labute approximate surface area is 144 Å². The van der Waals surface area contributed by atoms with Crippen molar-refractivity contribution in [3.63, 3.8) is 0 Å². The summed E-state index contributed by atoms with van der Waals surface area (Å²) in [4.78, 5) is 26.5. The molecule has 1 aromatic carbocycles. The third-order valence-corrected chi connectivity index (χ3v) is 4.34. The fourth-order valence-electron chi connectivity index (χ4n) is 2.73. The Balaban J connectivity index is 1.83. The number of nitriles is 1. The van der Waals surface area contributed by atoms with Gasteiger partial charge in [0.25, 0.3) is 0 Å². The highest BCUT2D eigenvalue weighted by Gasteiger charge is 2.33. The molecule has 1 fully saturated rings. The predicted octanol–water partition coefficient (Wildman–Crippen LogP) is 2.47. The molecule has 2 heterocycles. The number of benzene rings is 1. The molecule has 3 rings (SSSR count). The quantitative estimate of drug-likeness (QED) is 0.631. The number of nitrogens with zero attached hydrogens (tertiary/aromatic N) is 4. The molecular formula is C17H15ClN4O2. The van der Waals surface area contributed by atoms with Gasteiger partial charge < -0.3 is 4.90 Å². The lowest BCUT2D eigenvalue weighted by atomic mass is 10.00. The van der Waals surface area contributed by atoms with Crippen molar-refractivity contribution in [3.05, 3.63) is 47.2 Å². The second-order valence-electron chi connectivity index (χ2n) is 5.58. The number of para-hydroxylation sites is 1. The van der Waals surface area contributed by atoms with Crippen LogP contribution in [0.3, 0.4) is 0 Å². The summed E-state index contributed by atoms with van der Waals surface area (Å²) < 4.78 is 1.46. The molecule has 1 saturated heterocycles. The predicted molar refractivity (Wildman–Crippen MR) is 87.8 cm³/mol. The molecule has 0 unspecified atom stereocenters. The van der Waals surface area contributed by atoms with E-state index in [1.165, 1.54) is 17.1 Å². The largest absolute Gasteiger partial charge is 0.341 e. The summed E-state index contributed by atoms with van der Waals surface area (Å²) in [5, 5.41) is 13.9. The first kappa shape index (κ1) is 16.2. The first-order valence-electron chi connectivity index (χ1n) is 7.64. The normalized spacial score (nSPS) is 15.1. The summed E-state index contributed by atoms with van der Waals surface area (Å²) in [6, 6.07) is 8.91. The number of rotatable bonds is 4. The van der Waals surface area contributed by atoms with Crippen LogP contribution in [0.2, 0.25) is 5.02 Å². The van der Waals surface area contributed by atoms with Crippen molar-refractivity contribution in [2.75, 3.05) is 13.1 Å². The summed E-state index contributed by atoms with van der Waals surface area (Å²) in [7, 11) is 0.